The van der Waals surface area contributed by atoms with Gasteiger partial charge in [-0.3, -0.25) is 4.79 Å². The lowest BCUT2D eigenvalue weighted by atomic mass is 9.66. The molecule has 1 heterocycles. The van der Waals surface area contributed by atoms with Crippen LogP contribution in [0.3, 0.4) is 0 Å². The van der Waals surface area contributed by atoms with Gasteiger partial charge >= 0.3 is 12.1 Å². The molecular weight excluding hydrogens is 292 g/mol. The fourth-order valence-corrected chi connectivity index (χ4v) is 3.13. The van der Waals surface area contributed by atoms with Crippen LogP contribution in [0.25, 0.3) is 0 Å². The van der Waals surface area contributed by atoms with E-state index < -0.39 is 29.1 Å². The molecule has 1 fully saturated rings. The van der Waals surface area contributed by atoms with E-state index in [4.69, 9.17) is 9.84 Å². The summed E-state index contributed by atoms with van der Waals surface area (Å²) in [5, 5.41) is 14.6. The van der Waals surface area contributed by atoms with Gasteiger partial charge in [0.15, 0.2) is 0 Å². The first-order chi connectivity index (χ1) is 9.61. The Balaban J connectivity index is 2.15. The zero-order valence-corrected chi connectivity index (χ0v) is 13.4. The Labute approximate surface area is 127 Å². The predicted octanol–water partition coefficient (Wildman–Crippen LogP) is 2.67. The zero-order chi connectivity index (χ0) is 15.8. The van der Waals surface area contributed by atoms with Crippen LogP contribution in [0.15, 0.2) is 5.38 Å². The minimum absolute atomic E-state index is 0.338. The summed E-state index contributed by atoms with van der Waals surface area (Å²) in [5.74, 6) is -1.30. The van der Waals surface area contributed by atoms with Crippen molar-refractivity contribution in [3.8, 4) is 0 Å². The van der Waals surface area contributed by atoms with Crippen molar-refractivity contribution in [3.63, 3.8) is 0 Å². The minimum atomic E-state index is -0.844. The number of thiazole rings is 1. The number of aromatic nitrogens is 1. The van der Waals surface area contributed by atoms with E-state index >= 15 is 0 Å². The average molecular weight is 312 g/mol. The molecule has 1 aliphatic rings. The molecule has 0 unspecified atom stereocenters. The highest BCUT2D eigenvalue weighted by Crippen LogP contribution is 2.46. The molecule has 2 N–H and O–H groups in total. The van der Waals surface area contributed by atoms with Gasteiger partial charge < -0.3 is 15.2 Å². The maximum atomic E-state index is 12.0. The third-order valence-corrected chi connectivity index (χ3v) is 4.16. The molecule has 1 amide bonds. The van der Waals surface area contributed by atoms with Gasteiger partial charge in [-0.05, 0) is 40.5 Å². The zero-order valence-electron chi connectivity index (χ0n) is 12.6. The van der Waals surface area contributed by atoms with Crippen LogP contribution < -0.4 is 5.32 Å². The standard InChI is InChI=1S/C14H20N2O4S/c1-8-15-10(7-21-8)14(5-9(6-14)11(17)18)16-12(19)20-13(2,3)4/h7,9H,5-6H2,1-4H3,(H,16,19)(H,17,18). The SMILES string of the molecule is Cc1nc(C2(NC(=O)OC(C)(C)C)CC(C(=O)O)C2)cs1. The number of rotatable bonds is 3. The number of carboxylic acid groups (broad SMARTS) is 1. The number of carbonyl (C=O) groups excluding carboxylic acids is 1. The normalized spacial score (nSPS) is 25.0. The van der Waals surface area contributed by atoms with Crippen molar-refractivity contribution < 1.29 is 19.4 Å². The topological polar surface area (TPSA) is 88.5 Å². The van der Waals surface area contributed by atoms with E-state index in [-0.39, 0.29) is 0 Å². The fourth-order valence-electron chi connectivity index (χ4n) is 2.41. The number of ether oxygens (including phenoxy) is 1. The minimum Gasteiger partial charge on any atom is -0.481 e. The van der Waals surface area contributed by atoms with Crippen LogP contribution in [-0.4, -0.2) is 27.8 Å². The Hall–Kier alpha value is -1.63. The summed E-state index contributed by atoms with van der Waals surface area (Å²) >= 11 is 1.48. The van der Waals surface area contributed by atoms with Crippen molar-refractivity contribution in [2.45, 2.75) is 51.7 Å². The van der Waals surface area contributed by atoms with Crippen LogP contribution in [0.1, 0.15) is 44.3 Å². The summed E-state index contributed by atoms with van der Waals surface area (Å²) in [5.41, 5.74) is -0.608. The van der Waals surface area contributed by atoms with Crippen molar-refractivity contribution in [1.82, 2.24) is 10.3 Å². The van der Waals surface area contributed by atoms with Crippen LogP contribution in [0.2, 0.25) is 0 Å². The van der Waals surface area contributed by atoms with Gasteiger partial charge in [-0.25, -0.2) is 9.78 Å². The number of hydrogen-bond donors (Lipinski definition) is 2. The summed E-state index contributed by atoms with van der Waals surface area (Å²) in [6, 6.07) is 0. The third kappa shape index (κ3) is 3.53. The molecule has 2 rings (SSSR count). The van der Waals surface area contributed by atoms with Gasteiger partial charge in [0, 0.05) is 5.38 Å². The largest absolute Gasteiger partial charge is 0.481 e. The van der Waals surface area contributed by atoms with Crippen molar-refractivity contribution in [1.29, 1.82) is 0 Å². The Morgan fingerprint density at radius 1 is 1.48 bits per heavy atom. The van der Waals surface area contributed by atoms with E-state index in [0.29, 0.717) is 18.5 Å². The number of aryl methyl sites for hydroxylation is 1. The molecule has 0 aromatic carbocycles. The number of nitrogens with one attached hydrogen (secondary N) is 1. The molecule has 0 spiro atoms. The van der Waals surface area contributed by atoms with E-state index in [1.165, 1.54) is 11.3 Å². The highest BCUT2D eigenvalue weighted by Gasteiger charge is 2.51. The summed E-state index contributed by atoms with van der Waals surface area (Å²) in [6.45, 7) is 7.23. The Morgan fingerprint density at radius 2 is 2.10 bits per heavy atom. The molecule has 6 nitrogen and oxygen atoms in total. The van der Waals surface area contributed by atoms with E-state index in [1.54, 1.807) is 20.8 Å². The monoisotopic (exact) mass is 312 g/mol. The van der Waals surface area contributed by atoms with Crippen LogP contribution in [-0.2, 0) is 15.1 Å². The van der Waals surface area contributed by atoms with Crippen molar-refractivity contribution in [2.24, 2.45) is 5.92 Å². The van der Waals surface area contributed by atoms with Gasteiger partial charge in [0.2, 0.25) is 0 Å². The van der Waals surface area contributed by atoms with Gasteiger partial charge in [-0.15, -0.1) is 11.3 Å². The van der Waals surface area contributed by atoms with E-state index in [9.17, 15) is 9.59 Å². The molecule has 0 atom stereocenters. The Kier molecular flexibility index (Phi) is 3.97. The maximum absolute atomic E-state index is 12.0. The molecule has 116 valence electrons. The third-order valence-electron chi connectivity index (χ3n) is 3.39. The number of carbonyl (C=O) groups is 2. The second kappa shape index (κ2) is 5.29. The summed E-state index contributed by atoms with van der Waals surface area (Å²) in [4.78, 5) is 27.5. The number of hydrogen-bond acceptors (Lipinski definition) is 5. The van der Waals surface area contributed by atoms with Crippen molar-refractivity contribution in [2.75, 3.05) is 0 Å². The highest BCUT2D eigenvalue weighted by molar-refractivity contribution is 7.09. The molecule has 1 aliphatic carbocycles. The number of aliphatic carboxylic acids is 1. The maximum Gasteiger partial charge on any atom is 0.408 e. The lowest BCUT2D eigenvalue weighted by Crippen LogP contribution is -2.57. The molecule has 1 saturated carbocycles. The fraction of sp³-hybridized carbons (Fsp3) is 0.643. The van der Waals surface area contributed by atoms with Crippen LogP contribution in [0.4, 0.5) is 4.79 Å². The molecule has 0 aliphatic heterocycles. The molecule has 1 aromatic rings. The average Bonchev–Trinajstić information content (AvgIpc) is 2.66. The van der Waals surface area contributed by atoms with Crippen molar-refractivity contribution >= 4 is 23.4 Å². The van der Waals surface area contributed by atoms with Gasteiger partial charge in [-0.2, -0.15) is 0 Å². The van der Waals surface area contributed by atoms with Crippen LogP contribution in [0, 0.1) is 12.8 Å². The Morgan fingerprint density at radius 3 is 2.52 bits per heavy atom. The number of carboxylic acids is 1. The Bertz CT molecular complexity index is 556. The number of alkyl carbamates (subject to hydrolysis) is 1. The smallest absolute Gasteiger partial charge is 0.408 e. The van der Waals surface area contributed by atoms with Crippen molar-refractivity contribution in [3.05, 3.63) is 16.1 Å². The first kappa shape index (κ1) is 15.8. The second-order valence-electron chi connectivity index (χ2n) is 6.40. The van der Waals surface area contributed by atoms with Crippen LogP contribution >= 0.6 is 11.3 Å². The molecule has 7 heteroatoms. The molecule has 0 radical (unpaired) electrons. The quantitative estimate of drug-likeness (QED) is 0.895. The van der Waals surface area contributed by atoms with Gasteiger partial charge in [0.05, 0.1) is 22.2 Å². The lowest BCUT2D eigenvalue weighted by molar-refractivity contribution is -0.148. The predicted molar refractivity (Wildman–Crippen MR) is 78.3 cm³/mol. The van der Waals surface area contributed by atoms with Gasteiger partial charge in [-0.1, -0.05) is 0 Å². The summed E-state index contributed by atoms with van der Waals surface area (Å²) in [7, 11) is 0. The second-order valence-corrected chi connectivity index (χ2v) is 7.47. The van der Waals surface area contributed by atoms with E-state index in [0.717, 1.165) is 5.01 Å². The van der Waals surface area contributed by atoms with Crippen LogP contribution in [0.5, 0.6) is 0 Å². The summed E-state index contributed by atoms with van der Waals surface area (Å²) < 4.78 is 5.27. The number of nitrogens with zero attached hydrogens (tertiary/aromatic N) is 1. The molecule has 21 heavy (non-hydrogen) atoms. The van der Waals surface area contributed by atoms with Gasteiger partial charge in [0.1, 0.15) is 5.60 Å². The molecular formula is C14H20N2O4S. The molecule has 0 bridgehead atoms. The summed E-state index contributed by atoms with van der Waals surface area (Å²) in [6.07, 6.45) is 0.132. The van der Waals surface area contributed by atoms with E-state index in [1.807, 2.05) is 12.3 Å². The van der Waals surface area contributed by atoms with E-state index in [2.05, 4.69) is 10.3 Å². The highest BCUT2D eigenvalue weighted by atomic mass is 32.1. The molecule has 1 aromatic heterocycles. The first-order valence-corrected chi connectivity index (χ1v) is 7.66. The lowest BCUT2D eigenvalue weighted by Gasteiger charge is -2.45. The van der Waals surface area contributed by atoms with Gasteiger partial charge in [0.25, 0.3) is 0 Å². The number of amides is 1. The first-order valence-electron chi connectivity index (χ1n) is 6.78. The molecule has 0 saturated heterocycles.